The molecule has 0 bridgehead atoms. The van der Waals surface area contributed by atoms with E-state index < -0.39 is 10.0 Å². The second-order valence-electron chi connectivity index (χ2n) is 8.13. The Hall–Kier alpha value is -2.59. The number of hydrogen-bond acceptors (Lipinski definition) is 6. The Labute approximate surface area is 197 Å². The third-order valence-corrected chi connectivity index (χ3v) is 9.09. The van der Waals surface area contributed by atoms with Crippen molar-refractivity contribution in [3.63, 3.8) is 0 Å². The van der Waals surface area contributed by atoms with Gasteiger partial charge < -0.3 is 9.64 Å². The van der Waals surface area contributed by atoms with Crippen LogP contribution in [0.2, 0.25) is 0 Å². The summed E-state index contributed by atoms with van der Waals surface area (Å²) in [5.74, 6) is -0.0539. The van der Waals surface area contributed by atoms with Crippen LogP contribution in [0.1, 0.15) is 29.5 Å². The van der Waals surface area contributed by atoms with Crippen molar-refractivity contribution in [2.24, 2.45) is 0 Å². The first-order chi connectivity index (χ1) is 16.0. The molecule has 1 amide bonds. The molecule has 0 N–H and O–H groups in total. The van der Waals surface area contributed by atoms with Gasteiger partial charge in [-0.2, -0.15) is 4.31 Å². The number of thiazole rings is 1. The second kappa shape index (κ2) is 9.34. The number of carbonyl (C=O) groups is 1. The number of rotatable bonds is 5. The summed E-state index contributed by atoms with van der Waals surface area (Å²) in [4.78, 5) is 19.8. The van der Waals surface area contributed by atoms with Crippen LogP contribution in [0.4, 0.5) is 0 Å². The zero-order valence-corrected chi connectivity index (χ0v) is 19.7. The number of benzene rings is 2. The Morgan fingerprint density at radius 1 is 1.06 bits per heavy atom. The van der Waals surface area contributed by atoms with Gasteiger partial charge >= 0.3 is 0 Å². The maximum atomic E-state index is 13.0. The highest BCUT2D eigenvalue weighted by Crippen LogP contribution is 2.36. The van der Waals surface area contributed by atoms with Gasteiger partial charge in [-0.05, 0) is 48.7 Å². The van der Waals surface area contributed by atoms with Crippen molar-refractivity contribution >= 4 is 43.6 Å². The molecule has 0 spiro atoms. The fourth-order valence-corrected chi connectivity index (χ4v) is 6.79. The molecule has 0 radical (unpaired) electrons. The molecule has 9 heteroatoms. The predicted octanol–water partition coefficient (Wildman–Crippen LogP) is 3.69. The third kappa shape index (κ3) is 4.59. The number of carbonyl (C=O) groups excluding carboxylic acids is 1. The number of hydrogen-bond donors (Lipinski definition) is 0. The van der Waals surface area contributed by atoms with E-state index in [4.69, 9.17) is 9.72 Å². The molecule has 1 aromatic heterocycles. The highest BCUT2D eigenvalue weighted by atomic mass is 32.2. The lowest BCUT2D eigenvalue weighted by atomic mass is 10.2. The summed E-state index contributed by atoms with van der Waals surface area (Å²) in [7, 11) is -3.52. The molecule has 2 fully saturated rings. The average Bonchev–Trinajstić information content (AvgIpc) is 3.50. The second-order valence-corrected chi connectivity index (χ2v) is 11.1. The van der Waals surface area contributed by atoms with Gasteiger partial charge in [-0.25, -0.2) is 13.4 Å². The van der Waals surface area contributed by atoms with E-state index >= 15 is 0 Å². The number of nitrogens with zero attached hydrogens (tertiary/aromatic N) is 3. The highest BCUT2D eigenvalue weighted by Gasteiger charge is 2.31. The van der Waals surface area contributed by atoms with Gasteiger partial charge in [0.15, 0.2) is 0 Å². The van der Waals surface area contributed by atoms with Crippen molar-refractivity contribution in [1.82, 2.24) is 14.2 Å². The van der Waals surface area contributed by atoms with Gasteiger partial charge in [0, 0.05) is 25.7 Å². The summed E-state index contributed by atoms with van der Waals surface area (Å²) in [5, 5.41) is 0.980. The van der Waals surface area contributed by atoms with Gasteiger partial charge in [-0.3, -0.25) is 4.79 Å². The number of ether oxygens (including phenoxy) is 1. The lowest BCUT2D eigenvalue weighted by Crippen LogP contribution is -2.40. The molecule has 3 aromatic rings. The number of morpholine rings is 1. The molecule has 172 valence electrons. The molecule has 2 aliphatic rings. The lowest BCUT2D eigenvalue weighted by molar-refractivity contribution is -0.126. The van der Waals surface area contributed by atoms with Crippen LogP contribution in [-0.4, -0.2) is 61.4 Å². The first kappa shape index (κ1) is 22.2. The number of amides is 1. The molecule has 1 unspecified atom stereocenters. The van der Waals surface area contributed by atoms with E-state index in [9.17, 15) is 13.2 Å². The average molecular weight is 484 g/mol. The summed E-state index contributed by atoms with van der Waals surface area (Å²) in [6, 6.07) is 14.7. The maximum absolute atomic E-state index is 13.0. The van der Waals surface area contributed by atoms with E-state index in [0.29, 0.717) is 32.8 Å². The van der Waals surface area contributed by atoms with Crippen molar-refractivity contribution in [3.8, 4) is 0 Å². The number of para-hydroxylation sites is 1. The fourth-order valence-electron chi connectivity index (χ4n) is 4.27. The molecule has 2 aliphatic heterocycles. The summed E-state index contributed by atoms with van der Waals surface area (Å²) in [6.07, 6.45) is 5.17. The Balaban J connectivity index is 1.28. The summed E-state index contributed by atoms with van der Waals surface area (Å²) < 4.78 is 33.3. The van der Waals surface area contributed by atoms with Gasteiger partial charge in [0.1, 0.15) is 5.01 Å². The van der Waals surface area contributed by atoms with Crippen LogP contribution in [-0.2, 0) is 19.6 Å². The molecule has 2 saturated heterocycles. The quantitative estimate of drug-likeness (QED) is 0.517. The van der Waals surface area contributed by atoms with Gasteiger partial charge in [-0.1, -0.05) is 24.3 Å². The number of aromatic nitrogens is 1. The normalized spacial score (nSPS) is 20.1. The maximum Gasteiger partial charge on any atom is 0.247 e. The smallest absolute Gasteiger partial charge is 0.247 e. The lowest BCUT2D eigenvalue weighted by Gasteiger charge is -2.26. The van der Waals surface area contributed by atoms with E-state index in [1.165, 1.54) is 4.31 Å². The molecule has 7 nitrogen and oxygen atoms in total. The van der Waals surface area contributed by atoms with Gasteiger partial charge in [0.25, 0.3) is 0 Å². The predicted molar refractivity (Wildman–Crippen MR) is 128 cm³/mol. The monoisotopic (exact) mass is 483 g/mol. The largest absolute Gasteiger partial charge is 0.379 e. The van der Waals surface area contributed by atoms with Gasteiger partial charge in [0.05, 0.1) is 34.4 Å². The molecule has 5 rings (SSSR count). The Kier molecular flexibility index (Phi) is 6.29. The molecule has 3 heterocycles. The number of sulfonamides is 1. The van der Waals surface area contributed by atoms with Crippen molar-refractivity contribution in [1.29, 1.82) is 0 Å². The zero-order chi connectivity index (χ0) is 22.8. The molecule has 0 aliphatic carbocycles. The van der Waals surface area contributed by atoms with Crippen LogP contribution >= 0.6 is 11.3 Å². The van der Waals surface area contributed by atoms with Crippen molar-refractivity contribution in [2.75, 3.05) is 32.8 Å². The van der Waals surface area contributed by atoms with Crippen LogP contribution in [0.15, 0.2) is 59.5 Å². The number of fused-ring (bicyclic) bond motifs is 1. The number of likely N-dealkylation sites (tertiary alicyclic amines) is 1. The van der Waals surface area contributed by atoms with Crippen LogP contribution in [0.25, 0.3) is 16.3 Å². The van der Waals surface area contributed by atoms with Crippen LogP contribution < -0.4 is 0 Å². The van der Waals surface area contributed by atoms with E-state index in [0.717, 1.165) is 33.6 Å². The summed E-state index contributed by atoms with van der Waals surface area (Å²) >= 11 is 1.65. The third-order valence-electron chi connectivity index (χ3n) is 6.04. The SMILES string of the molecule is O=C(C=Cc1ccc(S(=O)(=O)N2CCOCC2)cc1)N1CCCC1c1nc2ccccc2s1. The molecular weight excluding hydrogens is 458 g/mol. The van der Waals surface area contributed by atoms with Crippen molar-refractivity contribution in [2.45, 2.75) is 23.8 Å². The van der Waals surface area contributed by atoms with E-state index in [1.807, 2.05) is 23.1 Å². The minimum absolute atomic E-state index is 0.000548. The Bertz CT molecular complexity index is 1250. The molecule has 1 atom stereocenters. The van der Waals surface area contributed by atoms with E-state index in [1.54, 1.807) is 47.8 Å². The van der Waals surface area contributed by atoms with Gasteiger partial charge in [0.2, 0.25) is 15.9 Å². The first-order valence-electron chi connectivity index (χ1n) is 11.0. The molecule has 0 saturated carbocycles. The van der Waals surface area contributed by atoms with E-state index in [2.05, 4.69) is 6.07 Å². The highest BCUT2D eigenvalue weighted by molar-refractivity contribution is 7.89. The molecule has 33 heavy (non-hydrogen) atoms. The first-order valence-corrected chi connectivity index (χ1v) is 13.3. The Morgan fingerprint density at radius 3 is 2.58 bits per heavy atom. The molecular formula is C24H25N3O4S2. The zero-order valence-electron chi connectivity index (χ0n) is 18.1. The molecule has 2 aromatic carbocycles. The summed E-state index contributed by atoms with van der Waals surface area (Å²) in [5.41, 5.74) is 1.75. The minimum Gasteiger partial charge on any atom is -0.379 e. The van der Waals surface area contributed by atoms with Crippen molar-refractivity contribution < 1.29 is 17.9 Å². The van der Waals surface area contributed by atoms with Crippen LogP contribution in [0.3, 0.4) is 0 Å². The van der Waals surface area contributed by atoms with Crippen molar-refractivity contribution in [3.05, 3.63) is 65.2 Å². The Morgan fingerprint density at radius 2 is 1.82 bits per heavy atom. The van der Waals surface area contributed by atoms with Crippen LogP contribution in [0, 0.1) is 0 Å². The standard InChI is InChI=1S/C24H25N3O4S2/c28-23(27-13-3-5-21(27)24-25-20-4-1-2-6-22(20)32-24)12-9-18-7-10-19(11-8-18)33(29,30)26-14-16-31-17-15-26/h1-2,4,6-12,21H,3,5,13-17H2. The van der Waals surface area contributed by atoms with Gasteiger partial charge in [-0.15, -0.1) is 11.3 Å². The fraction of sp³-hybridized carbons (Fsp3) is 0.333. The van der Waals surface area contributed by atoms with Crippen LogP contribution in [0.5, 0.6) is 0 Å². The summed E-state index contributed by atoms with van der Waals surface area (Å²) in [6.45, 7) is 2.27. The van der Waals surface area contributed by atoms with E-state index in [-0.39, 0.29) is 16.8 Å². The topological polar surface area (TPSA) is 79.8 Å². The minimum atomic E-state index is -3.52.